The molecule has 0 aromatic rings. The van der Waals surface area contributed by atoms with Crippen LogP contribution in [0.2, 0.25) is 0 Å². The number of rotatable bonds is 6. The predicted octanol–water partition coefficient (Wildman–Crippen LogP) is 5.69. The minimum atomic E-state index is 1.02. The zero-order chi connectivity index (χ0) is 22.5. The van der Waals surface area contributed by atoms with Crippen molar-refractivity contribution in [1.82, 2.24) is 0 Å². The predicted molar refractivity (Wildman–Crippen MR) is 135 cm³/mol. The van der Waals surface area contributed by atoms with Crippen LogP contribution in [0.15, 0.2) is 0 Å². The van der Waals surface area contributed by atoms with Crippen molar-refractivity contribution in [3.8, 4) is 0 Å². The molecule has 4 rings (SSSR count). The van der Waals surface area contributed by atoms with Crippen molar-refractivity contribution in [2.45, 2.75) is 104 Å². The van der Waals surface area contributed by atoms with Crippen LogP contribution in [-0.2, 0) is 0 Å². The highest BCUT2D eigenvalue weighted by molar-refractivity contribution is 4.93. The zero-order valence-corrected chi connectivity index (χ0v) is 22.4. The highest BCUT2D eigenvalue weighted by Gasteiger charge is 2.52. The minimum absolute atomic E-state index is 1.02. The van der Waals surface area contributed by atoms with Crippen molar-refractivity contribution in [3.05, 3.63) is 0 Å². The van der Waals surface area contributed by atoms with Gasteiger partial charge in [-0.25, -0.2) is 0 Å². The van der Waals surface area contributed by atoms with E-state index in [0.29, 0.717) is 0 Å². The fourth-order valence-corrected chi connectivity index (χ4v) is 8.11. The van der Waals surface area contributed by atoms with Crippen LogP contribution in [0, 0.1) is 11.8 Å². The summed E-state index contributed by atoms with van der Waals surface area (Å²) in [5.41, 5.74) is 0. The fourth-order valence-electron chi connectivity index (χ4n) is 8.11. The summed E-state index contributed by atoms with van der Waals surface area (Å²) in [6, 6.07) is 2.03. The van der Waals surface area contributed by atoms with E-state index >= 15 is 0 Å². The lowest BCUT2D eigenvalue weighted by atomic mass is 9.98. The fraction of sp³-hybridized carbons (Fsp3) is 1.00. The van der Waals surface area contributed by atoms with Crippen LogP contribution in [-0.4, -0.2) is 92.0 Å². The Kier molecular flexibility index (Phi) is 8.94. The summed E-state index contributed by atoms with van der Waals surface area (Å²) in [5, 5.41) is 0. The van der Waals surface area contributed by atoms with Crippen LogP contribution in [0.5, 0.6) is 0 Å². The summed E-state index contributed by atoms with van der Waals surface area (Å²) in [7, 11) is 5.17. The molecular weight excluding hydrogens is 378 g/mol. The van der Waals surface area contributed by atoms with Gasteiger partial charge in [-0.2, -0.15) is 0 Å². The topological polar surface area (TPSA) is 0 Å². The molecule has 2 aliphatic carbocycles. The molecular formula is C28H58N3+3. The number of fused-ring (bicyclic) bond motifs is 1. The maximum atomic E-state index is 2.58. The normalized spacial score (nSPS) is 34.6. The molecule has 31 heavy (non-hydrogen) atoms. The minimum Gasteiger partial charge on any atom is -0.325 e. The molecule has 3 nitrogen and oxygen atoms in total. The van der Waals surface area contributed by atoms with Crippen molar-refractivity contribution in [1.29, 1.82) is 0 Å². The Morgan fingerprint density at radius 1 is 0.516 bits per heavy atom. The van der Waals surface area contributed by atoms with E-state index in [9.17, 15) is 0 Å². The lowest BCUT2D eigenvalue weighted by molar-refractivity contribution is -0.940. The van der Waals surface area contributed by atoms with Gasteiger partial charge in [-0.05, 0) is 78.1 Å². The van der Waals surface area contributed by atoms with E-state index in [-0.39, 0.29) is 0 Å². The van der Waals surface area contributed by atoms with Crippen LogP contribution < -0.4 is 0 Å². The van der Waals surface area contributed by atoms with Crippen LogP contribution in [0.4, 0.5) is 0 Å². The molecule has 2 saturated carbocycles. The lowest BCUT2D eigenvalue weighted by Crippen LogP contribution is -2.55. The first-order valence-corrected chi connectivity index (χ1v) is 14.4. The largest absolute Gasteiger partial charge is 0.325 e. The molecule has 0 atom stereocenters. The molecule has 0 N–H and O–H groups in total. The molecule has 0 bridgehead atoms. The van der Waals surface area contributed by atoms with Gasteiger partial charge in [0, 0.05) is 25.7 Å². The van der Waals surface area contributed by atoms with Crippen molar-refractivity contribution < 1.29 is 13.4 Å². The Morgan fingerprint density at radius 3 is 1.03 bits per heavy atom. The summed E-state index contributed by atoms with van der Waals surface area (Å²) >= 11 is 0. The van der Waals surface area contributed by atoms with Crippen molar-refractivity contribution in [2.24, 2.45) is 11.8 Å². The molecule has 2 aliphatic heterocycles. The van der Waals surface area contributed by atoms with E-state index in [0.717, 1.165) is 23.9 Å². The van der Waals surface area contributed by atoms with E-state index in [4.69, 9.17) is 0 Å². The van der Waals surface area contributed by atoms with Gasteiger partial charge in [0.2, 0.25) is 0 Å². The summed E-state index contributed by atoms with van der Waals surface area (Å²) in [5.74, 6) is 2.17. The number of piperidine rings is 2. The van der Waals surface area contributed by atoms with Gasteiger partial charge in [0.15, 0.2) is 0 Å². The molecule has 4 aliphatic rings. The van der Waals surface area contributed by atoms with Gasteiger partial charge in [-0.1, -0.05) is 0 Å². The Hall–Kier alpha value is -0.120. The second-order valence-electron chi connectivity index (χ2n) is 12.4. The molecule has 182 valence electrons. The number of quaternary nitrogens is 3. The molecule has 0 amide bonds. The highest BCUT2D eigenvalue weighted by Crippen LogP contribution is 2.50. The molecule has 4 fully saturated rings. The molecule has 0 unspecified atom stereocenters. The molecule has 0 spiro atoms. The summed E-state index contributed by atoms with van der Waals surface area (Å²) < 4.78 is 4.15. The first-order valence-electron chi connectivity index (χ1n) is 14.4. The summed E-state index contributed by atoms with van der Waals surface area (Å²) in [6.07, 6.45) is 15.2. The number of nitrogens with zero attached hydrogens (tertiary/aromatic N) is 3. The number of hydrogen-bond acceptors (Lipinski definition) is 0. The third kappa shape index (κ3) is 5.69. The SMILES string of the molecule is CC[N+](CC)(CC)CC.C[N+]1(C2C[C@H]3CC([N+]4(C)CCCCC4)C[C@H]3C2)CCCCC1. The first kappa shape index (κ1) is 25.5. The second kappa shape index (κ2) is 10.9. The average Bonchev–Trinajstić information content (AvgIpc) is 3.38. The van der Waals surface area contributed by atoms with Gasteiger partial charge in [0.1, 0.15) is 0 Å². The van der Waals surface area contributed by atoms with E-state index in [1.54, 1.807) is 25.7 Å². The van der Waals surface area contributed by atoms with Gasteiger partial charge >= 0.3 is 0 Å². The summed E-state index contributed by atoms with van der Waals surface area (Å²) in [6.45, 7) is 20.1. The Balaban J connectivity index is 0.000000259. The van der Waals surface area contributed by atoms with Crippen molar-refractivity contribution in [3.63, 3.8) is 0 Å². The van der Waals surface area contributed by atoms with E-state index in [1.807, 2.05) is 0 Å². The highest BCUT2D eigenvalue weighted by atomic mass is 15.4. The smallest absolute Gasteiger partial charge is 0.0893 e. The summed E-state index contributed by atoms with van der Waals surface area (Å²) in [4.78, 5) is 0. The number of likely N-dealkylation sites (tertiary alicyclic amines) is 2. The van der Waals surface area contributed by atoms with Gasteiger partial charge < -0.3 is 13.4 Å². The monoisotopic (exact) mass is 436 g/mol. The van der Waals surface area contributed by atoms with Gasteiger partial charge in [0.25, 0.3) is 0 Å². The van der Waals surface area contributed by atoms with Crippen LogP contribution >= 0.6 is 0 Å². The third-order valence-electron chi connectivity index (χ3n) is 11.1. The van der Waals surface area contributed by atoms with Gasteiger partial charge in [-0.15, -0.1) is 0 Å². The molecule has 2 saturated heterocycles. The Bertz CT molecular complexity index is 461. The molecule has 0 aromatic heterocycles. The van der Waals surface area contributed by atoms with E-state index < -0.39 is 0 Å². The van der Waals surface area contributed by atoms with Crippen LogP contribution in [0.3, 0.4) is 0 Å². The van der Waals surface area contributed by atoms with Crippen molar-refractivity contribution in [2.75, 3.05) is 66.5 Å². The molecule has 0 aromatic carbocycles. The molecule has 0 radical (unpaired) electrons. The van der Waals surface area contributed by atoms with E-state index in [2.05, 4.69) is 41.8 Å². The quantitative estimate of drug-likeness (QED) is 0.469. The molecule has 3 heteroatoms. The number of hydrogen-bond donors (Lipinski definition) is 0. The van der Waals surface area contributed by atoms with Crippen molar-refractivity contribution >= 4 is 0 Å². The molecule has 2 heterocycles. The van der Waals surface area contributed by atoms with Gasteiger partial charge in [0.05, 0.1) is 78.5 Å². The first-order chi connectivity index (χ1) is 14.8. The van der Waals surface area contributed by atoms with E-state index in [1.165, 1.54) is 104 Å². The maximum absolute atomic E-state index is 2.58. The average molecular weight is 437 g/mol. The van der Waals surface area contributed by atoms with Crippen LogP contribution in [0.25, 0.3) is 0 Å². The zero-order valence-electron chi connectivity index (χ0n) is 22.4. The Morgan fingerprint density at radius 2 is 0.806 bits per heavy atom. The standard InChI is InChI=1S/C20H38N2.C8H20N/c1-21(9-5-3-6-10-21)19-13-17-15-20(16-18(17)14-19)22(2)11-7-4-8-12-22;1-5-9(6-2,7-3)8-4/h17-20H,3-16H2,1-2H3;5-8H2,1-4H3/q+2;+1/t17-,18+,19?,20?;. The lowest BCUT2D eigenvalue weighted by Gasteiger charge is -2.45. The maximum Gasteiger partial charge on any atom is 0.0893 e. The second-order valence-corrected chi connectivity index (χ2v) is 12.4. The Labute approximate surface area is 195 Å². The third-order valence-corrected chi connectivity index (χ3v) is 11.1. The van der Waals surface area contributed by atoms with Crippen LogP contribution in [0.1, 0.15) is 91.9 Å². The van der Waals surface area contributed by atoms with Gasteiger partial charge in [-0.3, -0.25) is 0 Å².